The number of rotatable bonds is 3. The maximum absolute atomic E-state index is 12.9. The van der Waals surface area contributed by atoms with Crippen LogP contribution in [0.1, 0.15) is 35.8 Å². The van der Waals surface area contributed by atoms with Crippen molar-refractivity contribution in [2.75, 3.05) is 18.4 Å². The predicted molar refractivity (Wildman–Crippen MR) is 98.3 cm³/mol. The van der Waals surface area contributed by atoms with Crippen molar-refractivity contribution in [3.8, 4) is 0 Å². The Balaban J connectivity index is 1.72. The number of nitrogens with one attached hydrogen (secondary N) is 1. The number of amides is 1. The second-order valence-electron chi connectivity index (χ2n) is 6.72. The number of carbonyl (C=O) groups excluding carboxylic acids is 1. The number of nitrogens with zero attached hydrogens (tertiary/aromatic N) is 2. The molecule has 27 heavy (non-hydrogen) atoms. The van der Waals surface area contributed by atoms with E-state index < -0.39 is 11.7 Å². The summed E-state index contributed by atoms with van der Waals surface area (Å²) in [7, 11) is 0. The number of benzene rings is 1. The SMILES string of the molecule is CC1CCN(C(=O)c2ccc(Nc3cc(C(F)(F)F)ccc3Cl)cn2)CC1. The van der Waals surface area contributed by atoms with Crippen LogP contribution in [0.25, 0.3) is 0 Å². The molecular formula is C19H19ClF3N3O. The van der Waals surface area contributed by atoms with Gasteiger partial charge in [0.2, 0.25) is 0 Å². The Morgan fingerprint density at radius 2 is 1.93 bits per heavy atom. The molecule has 1 aliphatic rings. The monoisotopic (exact) mass is 397 g/mol. The van der Waals surface area contributed by atoms with Crippen LogP contribution >= 0.6 is 11.6 Å². The van der Waals surface area contributed by atoms with Crippen molar-refractivity contribution in [2.24, 2.45) is 5.92 Å². The predicted octanol–water partition coefficient (Wildman–Crippen LogP) is 5.37. The maximum atomic E-state index is 12.9. The molecule has 0 spiro atoms. The van der Waals surface area contributed by atoms with Gasteiger partial charge in [-0.3, -0.25) is 4.79 Å². The van der Waals surface area contributed by atoms with Gasteiger partial charge in [-0.2, -0.15) is 13.2 Å². The molecule has 1 amide bonds. The van der Waals surface area contributed by atoms with Gasteiger partial charge >= 0.3 is 6.18 Å². The molecule has 1 aliphatic heterocycles. The minimum atomic E-state index is -4.46. The molecule has 3 rings (SSSR count). The number of anilines is 2. The third kappa shape index (κ3) is 4.71. The van der Waals surface area contributed by atoms with Crippen molar-refractivity contribution in [3.63, 3.8) is 0 Å². The molecule has 0 bridgehead atoms. The van der Waals surface area contributed by atoms with Crippen LogP contribution in [-0.4, -0.2) is 28.9 Å². The van der Waals surface area contributed by atoms with Crippen molar-refractivity contribution in [3.05, 3.63) is 52.8 Å². The van der Waals surface area contributed by atoms with Gasteiger partial charge in [0.05, 0.1) is 28.2 Å². The molecular weight excluding hydrogens is 379 g/mol. The number of likely N-dealkylation sites (tertiary alicyclic amines) is 1. The summed E-state index contributed by atoms with van der Waals surface area (Å²) in [5.41, 5.74) is 0.0798. The van der Waals surface area contributed by atoms with E-state index in [2.05, 4.69) is 17.2 Å². The second-order valence-corrected chi connectivity index (χ2v) is 7.13. The zero-order chi connectivity index (χ0) is 19.6. The lowest BCUT2D eigenvalue weighted by molar-refractivity contribution is -0.137. The first-order valence-corrected chi connectivity index (χ1v) is 9.01. The van der Waals surface area contributed by atoms with E-state index in [1.807, 2.05) is 0 Å². The molecule has 1 aromatic heterocycles. The minimum Gasteiger partial charge on any atom is -0.353 e. The van der Waals surface area contributed by atoms with Crippen molar-refractivity contribution < 1.29 is 18.0 Å². The molecule has 0 radical (unpaired) electrons. The number of carbonyl (C=O) groups is 1. The van der Waals surface area contributed by atoms with Gasteiger partial charge < -0.3 is 10.2 Å². The molecule has 1 aromatic carbocycles. The molecule has 1 fully saturated rings. The number of aromatic nitrogens is 1. The lowest BCUT2D eigenvalue weighted by Gasteiger charge is -2.30. The van der Waals surface area contributed by atoms with Crippen molar-refractivity contribution >= 4 is 28.9 Å². The first-order chi connectivity index (χ1) is 12.7. The van der Waals surface area contributed by atoms with E-state index in [4.69, 9.17) is 11.6 Å². The zero-order valence-electron chi connectivity index (χ0n) is 14.7. The van der Waals surface area contributed by atoms with E-state index in [0.29, 0.717) is 30.4 Å². The highest BCUT2D eigenvalue weighted by Crippen LogP contribution is 2.34. The molecule has 0 aliphatic carbocycles. The van der Waals surface area contributed by atoms with Crippen LogP contribution in [0.2, 0.25) is 5.02 Å². The minimum absolute atomic E-state index is 0.123. The van der Waals surface area contributed by atoms with Crippen molar-refractivity contribution in [1.29, 1.82) is 0 Å². The van der Waals surface area contributed by atoms with Gasteiger partial charge in [-0.1, -0.05) is 18.5 Å². The normalized spacial score (nSPS) is 15.7. The number of alkyl halides is 3. The molecule has 1 N–H and O–H groups in total. The first kappa shape index (κ1) is 19.5. The van der Waals surface area contributed by atoms with Gasteiger partial charge in [0.25, 0.3) is 5.91 Å². The largest absolute Gasteiger partial charge is 0.416 e. The summed E-state index contributed by atoms with van der Waals surface area (Å²) >= 11 is 5.98. The van der Waals surface area contributed by atoms with E-state index in [1.54, 1.807) is 17.0 Å². The van der Waals surface area contributed by atoms with Crippen LogP contribution in [-0.2, 0) is 6.18 Å². The zero-order valence-corrected chi connectivity index (χ0v) is 15.4. The average Bonchev–Trinajstić information content (AvgIpc) is 2.63. The summed E-state index contributed by atoms with van der Waals surface area (Å²) in [5.74, 6) is 0.483. The Labute approximate surface area is 160 Å². The Morgan fingerprint density at radius 1 is 1.22 bits per heavy atom. The van der Waals surface area contributed by atoms with E-state index >= 15 is 0 Å². The number of pyridine rings is 1. The third-order valence-electron chi connectivity index (χ3n) is 4.63. The summed E-state index contributed by atoms with van der Waals surface area (Å²) in [4.78, 5) is 18.4. The average molecular weight is 398 g/mol. The van der Waals surface area contributed by atoms with Crippen LogP contribution in [0.15, 0.2) is 36.5 Å². The van der Waals surface area contributed by atoms with Gasteiger partial charge in [0.1, 0.15) is 5.69 Å². The molecule has 0 unspecified atom stereocenters. The highest BCUT2D eigenvalue weighted by atomic mass is 35.5. The Morgan fingerprint density at radius 3 is 2.52 bits per heavy atom. The fraction of sp³-hybridized carbons (Fsp3) is 0.368. The van der Waals surface area contributed by atoms with E-state index in [-0.39, 0.29) is 16.6 Å². The maximum Gasteiger partial charge on any atom is 0.416 e. The summed E-state index contributed by atoms with van der Waals surface area (Å²) in [5, 5.41) is 2.97. The lowest BCUT2D eigenvalue weighted by Crippen LogP contribution is -2.38. The molecule has 144 valence electrons. The van der Waals surface area contributed by atoms with Crippen LogP contribution in [0, 0.1) is 5.92 Å². The second kappa shape index (κ2) is 7.76. The first-order valence-electron chi connectivity index (χ1n) is 8.63. The highest BCUT2D eigenvalue weighted by Gasteiger charge is 2.31. The standard InChI is InChI=1S/C19H19ClF3N3O/c1-12-6-8-26(9-7-12)18(27)16-5-3-14(11-24-16)25-17-10-13(19(21,22)23)2-4-15(17)20/h2-5,10-12,25H,6-9H2,1H3. The van der Waals surface area contributed by atoms with Gasteiger partial charge in [-0.05, 0) is 49.1 Å². The van der Waals surface area contributed by atoms with Gasteiger partial charge in [0.15, 0.2) is 0 Å². The Hall–Kier alpha value is -2.28. The molecule has 4 nitrogen and oxygen atoms in total. The van der Waals surface area contributed by atoms with Gasteiger partial charge in [-0.25, -0.2) is 4.98 Å². The quantitative estimate of drug-likeness (QED) is 0.757. The van der Waals surface area contributed by atoms with Gasteiger partial charge in [-0.15, -0.1) is 0 Å². The molecule has 2 heterocycles. The third-order valence-corrected chi connectivity index (χ3v) is 4.96. The van der Waals surface area contributed by atoms with Crippen LogP contribution in [0.5, 0.6) is 0 Å². The molecule has 0 atom stereocenters. The van der Waals surface area contributed by atoms with Crippen molar-refractivity contribution in [2.45, 2.75) is 25.9 Å². The van der Waals surface area contributed by atoms with E-state index in [0.717, 1.165) is 25.0 Å². The van der Waals surface area contributed by atoms with E-state index in [9.17, 15) is 18.0 Å². The lowest BCUT2D eigenvalue weighted by atomic mass is 9.99. The van der Waals surface area contributed by atoms with Crippen LogP contribution < -0.4 is 5.32 Å². The van der Waals surface area contributed by atoms with Crippen LogP contribution in [0.4, 0.5) is 24.5 Å². The molecule has 1 saturated heterocycles. The van der Waals surface area contributed by atoms with Crippen molar-refractivity contribution in [1.82, 2.24) is 9.88 Å². The number of hydrogen-bond acceptors (Lipinski definition) is 3. The smallest absolute Gasteiger partial charge is 0.353 e. The summed E-state index contributed by atoms with van der Waals surface area (Å²) < 4.78 is 38.6. The summed E-state index contributed by atoms with van der Waals surface area (Å²) in [6.45, 7) is 3.59. The number of piperidine rings is 1. The molecule has 8 heteroatoms. The molecule has 2 aromatic rings. The number of halogens is 4. The fourth-order valence-corrected chi connectivity index (χ4v) is 3.09. The summed E-state index contributed by atoms with van der Waals surface area (Å²) in [6.07, 6.45) is -1.10. The number of hydrogen-bond donors (Lipinski definition) is 1. The summed E-state index contributed by atoms with van der Waals surface area (Å²) in [6, 6.07) is 6.21. The van der Waals surface area contributed by atoms with Crippen LogP contribution in [0.3, 0.4) is 0 Å². The molecule has 0 saturated carbocycles. The topological polar surface area (TPSA) is 45.2 Å². The Bertz CT molecular complexity index is 816. The van der Waals surface area contributed by atoms with E-state index in [1.165, 1.54) is 12.3 Å². The Kier molecular flexibility index (Phi) is 5.60. The fourth-order valence-electron chi connectivity index (χ4n) is 2.92. The highest BCUT2D eigenvalue weighted by molar-refractivity contribution is 6.33. The van der Waals surface area contributed by atoms with Gasteiger partial charge in [0, 0.05) is 13.1 Å².